The van der Waals surface area contributed by atoms with E-state index >= 15 is 0 Å². The van der Waals surface area contributed by atoms with E-state index in [2.05, 4.69) is 4.99 Å². The van der Waals surface area contributed by atoms with Crippen molar-refractivity contribution >= 4 is 48.4 Å². The Morgan fingerprint density at radius 2 is 1.00 bits per heavy atom. The first kappa shape index (κ1) is 43.8. The molecule has 0 atom stereocenters. The van der Waals surface area contributed by atoms with Gasteiger partial charge >= 0.3 is 12.4 Å². The normalized spacial score (nSPS) is 12.5. The number of aryl methyl sites for hydroxylation is 2. The number of halogens is 7. The van der Waals surface area contributed by atoms with Crippen molar-refractivity contribution < 1.29 is 52.8 Å². The van der Waals surface area contributed by atoms with Crippen LogP contribution in [0.15, 0.2) is 39.0 Å². The van der Waals surface area contributed by atoms with Crippen molar-refractivity contribution in [1.82, 2.24) is 0 Å². The Bertz CT molecular complexity index is 1760. The van der Waals surface area contributed by atoms with Gasteiger partial charge in [0.2, 0.25) is 0 Å². The van der Waals surface area contributed by atoms with Gasteiger partial charge in [-0.25, -0.2) is 16.8 Å². The molecule has 0 radical (unpaired) electrons. The van der Waals surface area contributed by atoms with Gasteiger partial charge in [-0.3, -0.25) is 9.59 Å². The van der Waals surface area contributed by atoms with Crippen LogP contribution in [-0.2, 0) is 44.9 Å². The number of carbonyl (C=O) groups is 2. The van der Waals surface area contributed by atoms with E-state index in [9.17, 15) is 52.8 Å². The molecule has 1 amide bonds. The Morgan fingerprint density at radius 3 is 1.27 bits per heavy atom. The molecule has 0 bridgehead atoms. The first-order valence-corrected chi connectivity index (χ1v) is 18.7. The highest BCUT2D eigenvalue weighted by Crippen LogP contribution is 2.40. The molecule has 0 heterocycles. The summed E-state index contributed by atoms with van der Waals surface area (Å²) in [7, 11) is -8.39. The van der Waals surface area contributed by atoms with Gasteiger partial charge in [-0.05, 0) is 85.5 Å². The summed E-state index contributed by atoms with van der Waals surface area (Å²) in [5.41, 5.74) is 7.10. The fourth-order valence-corrected chi connectivity index (χ4v) is 9.34. The minimum atomic E-state index is -4.96. The van der Waals surface area contributed by atoms with Crippen molar-refractivity contribution in [2.24, 2.45) is 16.5 Å². The van der Waals surface area contributed by atoms with Gasteiger partial charge in [0, 0.05) is 11.1 Å². The number of carbonyl (C=O) groups excluding carboxylic acids is 2. The maximum absolute atomic E-state index is 13.5. The predicted molar refractivity (Wildman–Crippen MR) is 175 cm³/mol. The van der Waals surface area contributed by atoms with Crippen molar-refractivity contribution in [2.75, 3.05) is 0 Å². The maximum Gasteiger partial charge on any atom is 0.417 e. The Balaban J connectivity index is 0.000000494. The summed E-state index contributed by atoms with van der Waals surface area (Å²) in [5.74, 6) is -1.65. The smallest absolute Gasteiger partial charge is 0.370 e. The van der Waals surface area contributed by atoms with Gasteiger partial charge in [-0.1, -0.05) is 41.5 Å². The van der Waals surface area contributed by atoms with Crippen LogP contribution in [0.25, 0.3) is 0 Å². The first-order chi connectivity index (χ1) is 22.4. The molecule has 18 heteroatoms. The van der Waals surface area contributed by atoms with Crippen LogP contribution in [0.2, 0.25) is 0 Å². The number of sulfone groups is 2. The number of aliphatic imine (C=N–C) groups is 1. The Hall–Kier alpha value is -3.18. The van der Waals surface area contributed by atoms with Gasteiger partial charge in [-0.15, -0.1) is 0 Å². The molecule has 2 rings (SSSR count). The topological polar surface area (TPSA) is 167 Å². The quantitative estimate of drug-likeness (QED) is 0.0987. The average molecular weight is 764 g/mol. The summed E-state index contributed by atoms with van der Waals surface area (Å²) in [5, 5.41) is -2.91. The fourth-order valence-electron chi connectivity index (χ4n) is 5.12. The van der Waals surface area contributed by atoms with Gasteiger partial charge in [0.1, 0.15) is 0 Å². The van der Waals surface area contributed by atoms with Crippen molar-refractivity contribution in [2.45, 2.75) is 113 Å². The van der Waals surface area contributed by atoms with E-state index in [0.29, 0.717) is 12.1 Å². The molecule has 2 aromatic carbocycles. The highest BCUT2D eigenvalue weighted by Gasteiger charge is 2.41. The molecule has 0 saturated heterocycles. The van der Waals surface area contributed by atoms with Crippen LogP contribution in [-0.4, -0.2) is 44.4 Å². The third-order valence-electron chi connectivity index (χ3n) is 7.77. The number of rotatable bonds is 12. The minimum Gasteiger partial charge on any atom is -0.370 e. The number of benzene rings is 2. The lowest BCUT2D eigenvalue weighted by Crippen LogP contribution is -2.26. The molecule has 4 N–H and O–H groups in total. The lowest BCUT2D eigenvalue weighted by molar-refractivity contribution is -0.140. The molecule has 0 spiro atoms. The highest BCUT2D eigenvalue weighted by molar-refractivity contribution is 7.92. The van der Waals surface area contributed by atoms with Crippen LogP contribution in [0.4, 0.5) is 26.3 Å². The van der Waals surface area contributed by atoms with Crippen molar-refractivity contribution in [3.63, 3.8) is 0 Å². The summed E-state index contributed by atoms with van der Waals surface area (Å²) in [4.78, 5) is 25.1. The third-order valence-corrected chi connectivity index (χ3v) is 13.0. The van der Waals surface area contributed by atoms with Crippen LogP contribution in [0.5, 0.6) is 0 Å². The van der Waals surface area contributed by atoms with Gasteiger partial charge in [0.25, 0.3) is 11.1 Å². The molecule has 276 valence electrons. The van der Waals surface area contributed by atoms with Crippen LogP contribution in [0.3, 0.4) is 0 Å². The van der Waals surface area contributed by atoms with E-state index < -0.39 is 80.6 Å². The van der Waals surface area contributed by atoms with E-state index in [4.69, 9.17) is 23.1 Å². The van der Waals surface area contributed by atoms with Gasteiger partial charge in [0.05, 0.1) is 31.4 Å². The van der Waals surface area contributed by atoms with Crippen LogP contribution >= 0.6 is 11.6 Å². The van der Waals surface area contributed by atoms with Crippen LogP contribution in [0, 0.1) is 0 Å². The molecule has 0 aliphatic heterocycles. The lowest BCUT2D eigenvalue weighted by Gasteiger charge is -2.20. The van der Waals surface area contributed by atoms with Gasteiger partial charge < -0.3 is 11.5 Å². The molecule has 49 heavy (non-hydrogen) atoms. The van der Waals surface area contributed by atoms with E-state index in [1.165, 1.54) is 0 Å². The van der Waals surface area contributed by atoms with Crippen molar-refractivity contribution in [3.05, 3.63) is 57.6 Å². The van der Waals surface area contributed by atoms with Crippen LogP contribution < -0.4 is 11.5 Å². The van der Waals surface area contributed by atoms with E-state index in [1.54, 1.807) is 41.5 Å². The molecular weight excluding hydrogens is 724 g/mol. The zero-order valence-corrected chi connectivity index (χ0v) is 30.1. The molecule has 0 aliphatic rings. The third kappa shape index (κ3) is 10.4. The first-order valence-electron chi connectivity index (χ1n) is 15.2. The predicted octanol–water partition coefficient (Wildman–Crippen LogP) is 7.25. The Morgan fingerprint density at radius 1 is 0.673 bits per heavy atom. The number of hydrogen-bond donors (Lipinski definition) is 2. The van der Waals surface area contributed by atoms with E-state index in [1.807, 2.05) is 0 Å². The van der Waals surface area contributed by atoms with E-state index in [0.717, 1.165) is 12.1 Å². The molecule has 0 aromatic heterocycles. The summed E-state index contributed by atoms with van der Waals surface area (Å²) in [6.45, 7) is 9.60. The minimum absolute atomic E-state index is 0.123. The molecule has 2 aromatic rings. The second kappa shape index (κ2) is 17.2. The monoisotopic (exact) mass is 763 g/mol. The summed E-state index contributed by atoms with van der Waals surface area (Å²) in [6, 6.07) is 2.91. The molecule has 0 unspecified atom stereocenters. The fraction of sp³-hybridized carbons (Fsp3) is 0.516. The summed E-state index contributed by atoms with van der Waals surface area (Å²) >= 11 is 5.34. The number of hydrogen-bond acceptors (Lipinski definition) is 6. The Kier molecular flexibility index (Phi) is 15.4. The van der Waals surface area contributed by atoms with Gasteiger partial charge in [0.15, 0.2) is 25.6 Å². The van der Waals surface area contributed by atoms with E-state index in [-0.39, 0.29) is 60.8 Å². The molecule has 9 nitrogen and oxygen atoms in total. The number of amides is 1. The van der Waals surface area contributed by atoms with Gasteiger partial charge in [-0.2, -0.15) is 31.3 Å². The maximum atomic E-state index is 13.5. The van der Waals surface area contributed by atoms with Crippen molar-refractivity contribution in [1.29, 1.82) is 0 Å². The standard InChI is InChI=1S/C16H22F3N3O3S.C15H18ClF3O3S/c1-4-9-7-13(26(24,25)10(5-2)6-3)12(16(17,18)19)8-11(9)14(23)22-15(20)21;1-4-9-7-13(23(21,22)10(5-2)6-3)12(15(17,18)19)8-11(9)14(16)20/h7-8,10H,4-6H2,1-3H3,(H4,20,21,22,23);7-8,10H,4-6H2,1-3H3. The highest BCUT2D eigenvalue weighted by atomic mass is 35.5. The number of nitrogens with zero attached hydrogens (tertiary/aromatic N) is 1. The number of alkyl halides is 6. The number of guanidine groups is 1. The second-order valence-corrected chi connectivity index (χ2v) is 15.5. The zero-order chi connectivity index (χ0) is 38.3. The Labute approximate surface area is 287 Å². The molecule has 0 aliphatic carbocycles. The molecule has 0 saturated carbocycles. The number of nitrogens with two attached hydrogens (primary N) is 2. The second-order valence-electron chi connectivity index (χ2n) is 10.8. The lowest BCUT2D eigenvalue weighted by atomic mass is 10.0. The van der Waals surface area contributed by atoms with Crippen LogP contribution in [0.1, 0.15) is 110 Å². The molecule has 0 fully saturated rings. The van der Waals surface area contributed by atoms with Crippen molar-refractivity contribution in [3.8, 4) is 0 Å². The summed E-state index contributed by atoms with van der Waals surface area (Å²) < 4.78 is 131. The molecular formula is C31H40ClF6N3O6S2. The SMILES string of the molecule is CCc1cc(S(=O)(=O)C(CC)CC)c(C(F)(F)F)cc1C(=O)Cl.CCc1cc(S(=O)(=O)C(CC)CC)c(C(F)(F)F)cc1C(=O)N=C(N)N. The zero-order valence-electron chi connectivity index (χ0n) is 27.7. The average Bonchev–Trinajstić information content (AvgIpc) is 2.99. The largest absolute Gasteiger partial charge is 0.417 e. The summed E-state index contributed by atoms with van der Waals surface area (Å²) in [6.07, 6.45) is -8.79.